The lowest BCUT2D eigenvalue weighted by Crippen LogP contribution is -2.24. The molecule has 0 heterocycles. The molecule has 1 amide bonds. The van der Waals surface area contributed by atoms with Gasteiger partial charge in [0.2, 0.25) is 5.91 Å². The zero-order chi connectivity index (χ0) is 21.4. The van der Waals surface area contributed by atoms with Crippen LogP contribution in [0, 0.1) is 5.82 Å². The highest BCUT2D eigenvalue weighted by Crippen LogP contribution is 2.30. The van der Waals surface area contributed by atoms with Crippen LogP contribution in [0.3, 0.4) is 0 Å². The summed E-state index contributed by atoms with van der Waals surface area (Å²) in [5, 5.41) is 2.72. The van der Waals surface area contributed by atoms with Crippen molar-refractivity contribution < 1.29 is 32.2 Å². The van der Waals surface area contributed by atoms with Gasteiger partial charge in [-0.1, -0.05) is 12.1 Å². The lowest BCUT2D eigenvalue weighted by molar-refractivity contribution is -0.117. The van der Waals surface area contributed by atoms with Gasteiger partial charge in [-0.2, -0.15) is 8.78 Å². The van der Waals surface area contributed by atoms with Crippen LogP contribution >= 0.6 is 0 Å². The van der Waals surface area contributed by atoms with Crippen LogP contribution < -0.4 is 19.5 Å². The summed E-state index contributed by atoms with van der Waals surface area (Å²) in [6.45, 7) is 0.733. The van der Waals surface area contributed by atoms with E-state index in [1.807, 2.05) is 0 Å². The molecular formula is C21H22F3NO4. The van der Waals surface area contributed by atoms with Gasteiger partial charge >= 0.3 is 6.61 Å². The second-order valence-corrected chi connectivity index (χ2v) is 5.98. The molecule has 2 aromatic rings. The van der Waals surface area contributed by atoms with Gasteiger partial charge in [0.1, 0.15) is 0 Å². The number of carbonyl (C=O) groups excluding carboxylic acids is 1. The molecule has 156 valence electrons. The third-order valence-corrected chi connectivity index (χ3v) is 3.95. The van der Waals surface area contributed by atoms with Gasteiger partial charge in [-0.15, -0.1) is 0 Å². The summed E-state index contributed by atoms with van der Waals surface area (Å²) in [6.07, 6.45) is 2.79. The molecule has 0 bridgehead atoms. The van der Waals surface area contributed by atoms with Crippen molar-refractivity contribution in [1.29, 1.82) is 0 Å². The summed E-state index contributed by atoms with van der Waals surface area (Å²) in [5.41, 5.74) is 1.14. The molecule has 0 fully saturated rings. The van der Waals surface area contributed by atoms with E-state index >= 15 is 0 Å². The molecule has 29 heavy (non-hydrogen) atoms. The van der Waals surface area contributed by atoms with E-state index in [-0.39, 0.29) is 23.9 Å². The van der Waals surface area contributed by atoms with E-state index in [1.165, 1.54) is 49.6 Å². The predicted molar refractivity (Wildman–Crippen MR) is 103 cm³/mol. The van der Waals surface area contributed by atoms with Gasteiger partial charge in [-0.25, -0.2) is 4.39 Å². The Morgan fingerprint density at radius 1 is 1.14 bits per heavy atom. The Morgan fingerprint density at radius 3 is 2.48 bits per heavy atom. The van der Waals surface area contributed by atoms with E-state index in [0.29, 0.717) is 11.1 Å². The van der Waals surface area contributed by atoms with Crippen LogP contribution in [0.2, 0.25) is 0 Å². The third kappa shape index (κ3) is 6.44. The fourth-order valence-electron chi connectivity index (χ4n) is 2.56. The molecule has 5 nitrogen and oxygen atoms in total. The zero-order valence-corrected chi connectivity index (χ0v) is 16.2. The number of ether oxygens (including phenoxy) is 3. The molecule has 0 saturated heterocycles. The maximum absolute atomic E-state index is 13.8. The Labute approximate surface area is 167 Å². The van der Waals surface area contributed by atoms with E-state index in [2.05, 4.69) is 10.1 Å². The van der Waals surface area contributed by atoms with Gasteiger partial charge in [-0.05, 0) is 55.3 Å². The van der Waals surface area contributed by atoms with E-state index < -0.39 is 24.4 Å². The standard InChI is InChI=1S/C21H22F3NO4/c1-4-28-19-11-14(5-8-18(19)29-21(23)24)6-10-20(26)25-13(2)15-7-9-17(27-3)16(22)12-15/h5-13,21H,4H2,1-3H3,(H,25,26)/b10-6+. The van der Waals surface area contributed by atoms with Gasteiger partial charge in [0.05, 0.1) is 19.8 Å². The van der Waals surface area contributed by atoms with Crippen molar-refractivity contribution in [2.75, 3.05) is 13.7 Å². The van der Waals surface area contributed by atoms with Gasteiger partial charge < -0.3 is 19.5 Å². The molecule has 0 saturated carbocycles. The first-order chi connectivity index (χ1) is 13.8. The fraction of sp³-hybridized carbons (Fsp3) is 0.286. The summed E-state index contributed by atoms with van der Waals surface area (Å²) < 4.78 is 53.3. The first kappa shape index (κ1) is 22.1. The van der Waals surface area contributed by atoms with Crippen LogP contribution in [0.1, 0.15) is 31.0 Å². The van der Waals surface area contributed by atoms with Crippen molar-refractivity contribution in [3.8, 4) is 17.2 Å². The number of carbonyl (C=O) groups is 1. The molecule has 0 spiro atoms. The summed E-state index contributed by atoms with van der Waals surface area (Å²) in [7, 11) is 1.37. The average Bonchev–Trinajstić information content (AvgIpc) is 2.67. The minimum atomic E-state index is -2.97. The smallest absolute Gasteiger partial charge is 0.387 e. The van der Waals surface area contributed by atoms with Crippen molar-refractivity contribution >= 4 is 12.0 Å². The number of amides is 1. The molecule has 2 aromatic carbocycles. The number of benzene rings is 2. The monoisotopic (exact) mass is 409 g/mol. The third-order valence-electron chi connectivity index (χ3n) is 3.95. The molecule has 1 atom stereocenters. The van der Waals surface area contributed by atoms with Crippen LogP contribution in [-0.2, 0) is 4.79 Å². The normalized spacial score (nSPS) is 12.1. The molecule has 0 radical (unpaired) electrons. The maximum atomic E-state index is 13.8. The van der Waals surface area contributed by atoms with Crippen molar-refractivity contribution in [2.24, 2.45) is 0 Å². The van der Waals surface area contributed by atoms with E-state index in [9.17, 15) is 18.0 Å². The van der Waals surface area contributed by atoms with Crippen molar-refractivity contribution in [3.05, 3.63) is 59.4 Å². The molecule has 1 unspecified atom stereocenters. The van der Waals surface area contributed by atoms with Crippen LogP contribution in [-0.4, -0.2) is 26.2 Å². The molecule has 1 N–H and O–H groups in total. The number of halogens is 3. The summed E-state index contributed by atoms with van der Waals surface area (Å²) >= 11 is 0. The molecule has 8 heteroatoms. The zero-order valence-electron chi connectivity index (χ0n) is 16.2. The molecule has 0 aliphatic heterocycles. The number of rotatable bonds is 9. The second-order valence-electron chi connectivity index (χ2n) is 5.98. The van der Waals surface area contributed by atoms with Crippen molar-refractivity contribution in [3.63, 3.8) is 0 Å². The quantitative estimate of drug-likeness (QED) is 0.609. The van der Waals surface area contributed by atoms with Gasteiger partial charge in [0.25, 0.3) is 0 Å². The largest absolute Gasteiger partial charge is 0.494 e. The maximum Gasteiger partial charge on any atom is 0.387 e. The Morgan fingerprint density at radius 2 is 1.86 bits per heavy atom. The van der Waals surface area contributed by atoms with Crippen molar-refractivity contribution in [2.45, 2.75) is 26.5 Å². The minimum Gasteiger partial charge on any atom is -0.494 e. The number of nitrogens with one attached hydrogen (secondary N) is 1. The Hall–Kier alpha value is -3.16. The number of hydrogen-bond acceptors (Lipinski definition) is 4. The molecule has 0 aromatic heterocycles. The topological polar surface area (TPSA) is 56.8 Å². The highest BCUT2D eigenvalue weighted by Gasteiger charge is 2.12. The number of alkyl halides is 2. The Bertz CT molecular complexity index is 871. The summed E-state index contributed by atoms with van der Waals surface area (Å²) in [6, 6.07) is 8.36. The highest BCUT2D eigenvalue weighted by atomic mass is 19.3. The van der Waals surface area contributed by atoms with Crippen LogP contribution in [0.5, 0.6) is 17.2 Å². The Balaban J connectivity index is 2.05. The highest BCUT2D eigenvalue weighted by molar-refractivity contribution is 5.92. The SMILES string of the molecule is CCOc1cc(/C=C/C(=O)NC(C)c2ccc(OC)c(F)c2)ccc1OC(F)F. The second kappa shape index (κ2) is 10.4. The van der Waals surface area contributed by atoms with Crippen LogP contribution in [0.15, 0.2) is 42.5 Å². The minimum absolute atomic E-state index is 0.0846. The first-order valence-electron chi connectivity index (χ1n) is 8.87. The summed E-state index contributed by atoms with van der Waals surface area (Å²) in [5.74, 6) is -0.733. The summed E-state index contributed by atoms with van der Waals surface area (Å²) in [4.78, 5) is 12.2. The van der Waals surface area contributed by atoms with Crippen molar-refractivity contribution in [1.82, 2.24) is 5.32 Å². The van der Waals surface area contributed by atoms with Gasteiger partial charge in [-0.3, -0.25) is 4.79 Å². The van der Waals surface area contributed by atoms with E-state index in [4.69, 9.17) is 9.47 Å². The molecule has 0 aliphatic rings. The van der Waals surface area contributed by atoms with Gasteiger partial charge in [0.15, 0.2) is 23.1 Å². The lowest BCUT2D eigenvalue weighted by atomic mass is 10.1. The van der Waals surface area contributed by atoms with Crippen LogP contribution in [0.25, 0.3) is 6.08 Å². The van der Waals surface area contributed by atoms with Gasteiger partial charge in [0, 0.05) is 6.08 Å². The first-order valence-corrected chi connectivity index (χ1v) is 8.87. The predicted octanol–water partition coefficient (Wildman–Crippen LogP) is 4.73. The lowest BCUT2D eigenvalue weighted by Gasteiger charge is -2.14. The molecule has 2 rings (SSSR count). The average molecular weight is 409 g/mol. The molecular weight excluding hydrogens is 387 g/mol. The fourth-order valence-corrected chi connectivity index (χ4v) is 2.56. The van der Waals surface area contributed by atoms with E-state index in [1.54, 1.807) is 19.9 Å². The number of hydrogen-bond donors (Lipinski definition) is 1. The molecule has 0 aliphatic carbocycles. The van der Waals surface area contributed by atoms with Crippen LogP contribution in [0.4, 0.5) is 13.2 Å². The number of methoxy groups -OCH3 is 1. The Kier molecular flexibility index (Phi) is 7.94. The van der Waals surface area contributed by atoms with E-state index in [0.717, 1.165) is 0 Å².